The standard InChI is InChI=1S/C16H18BrNO/c17-15-9-5-4-8-13(15)14(11-18)16(19)10-12-6-2-1-3-7-12/h4-5,8-9,12,14H,1-3,6-7,10H2. The van der Waals surface area contributed by atoms with Crippen LogP contribution in [-0.2, 0) is 4.79 Å². The molecule has 3 heteroatoms. The number of Topliss-reactive ketones (excluding diaryl/α,β-unsaturated/α-hetero) is 1. The number of carbonyl (C=O) groups is 1. The van der Waals surface area contributed by atoms with Crippen molar-refractivity contribution in [2.75, 3.05) is 0 Å². The summed E-state index contributed by atoms with van der Waals surface area (Å²) in [6.45, 7) is 0. The first-order valence-electron chi connectivity index (χ1n) is 6.89. The minimum atomic E-state index is -0.627. The van der Waals surface area contributed by atoms with Gasteiger partial charge in [-0.2, -0.15) is 5.26 Å². The molecule has 19 heavy (non-hydrogen) atoms. The zero-order chi connectivity index (χ0) is 13.7. The average molecular weight is 320 g/mol. The van der Waals surface area contributed by atoms with Gasteiger partial charge in [-0.1, -0.05) is 66.2 Å². The van der Waals surface area contributed by atoms with Crippen LogP contribution in [0.4, 0.5) is 0 Å². The molecule has 100 valence electrons. The number of rotatable bonds is 4. The fourth-order valence-corrected chi connectivity index (χ4v) is 3.33. The lowest BCUT2D eigenvalue weighted by molar-refractivity contribution is -0.120. The molecule has 0 aromatic heterocycles. The molecule has 1 atom stereocenters. The number of hydrogen-bond donors (Lipinski definition) is 0. The van der Waals surface area contributed by atoms with Gasteiger partial charge in [-0.3, -0.25) is 4.79 Å². The summed E-state index contributed by atoms with van der Waals surface area (Å²) in [6.07, 6.45) is 6.57. The normalized spacial score (nSPS) is 17.7. The van der Waals surface area contributed by atoms with Gasteiger partial charge in [0.05, 0.1) is 6.07 Å². The van der Waals surface area contributed by atoms with Gasteiger partial charge in [0.2, 0.25) is 0 Å². The molecule has 1 unspecified atom stereocenters. The third-order valence-electron chi connectivity index (χ3n) is 3.88. The van der Waals surface area contributed by atoms with Gasteiger partial charge in [-0.15, -0.1) is 0 Å². The molecule has 0 aliphatic heterocycles. The second-order valence-corrected chi connectivity index (χ2v) is 6.11. The molecule has 1 aromatic carbocycles. The van der Waals surface area contributed by atoms with Gasteiger partial charge >= 0.3 is 0 Å². The van der Waals surface area contributed by atoms with Crippen LogP contribution < -0.4 is 0 Å². The van der Waals surface area contributed by atoms with Gasteiger partial charge in [0.15, 0.2) is 5.78 Å². The number of hydrogen-bond acceptors (Lipinski definition) is 2. The predicted molar refractivity (Wildman–Crippen MR) is 78.7 cm³/mol. The zero-order valence-electron chi connectivity index (χ0n) is 10.9. The monoisotopic (exact) mass is 319 g/mol. The van der Waals surface area contributed by atoms with Crippen molar-refractivity contribution in [1.82, 2.24) is 0 Å². The Balaban J connectivity index is 2.07. The van der Waals surface area contributed by atoms with Crippen molar-refractivity contribution in [2.24, 2.45) is 5.92 Å². The molecule has 0 saturated heterocycles. The SMILES string of the molecule is N#CC(C(=O)CC1CCCCC1)c1ccccc1Br. The molecule has 0 heterocycles. The molecule has 2 nitrogen and oxygen atoms in total. The maximum atomic E-state index is 12.4. The van der Waals surface area contributed by atoms with Gasteiger partial charge in [-0.05, 0) is 17.5 Å². The summed E-state index contributed by atoms with van der Waals surface area (Å²) in [6, 6.07) is 9.68. The van der Waals surface area contributed by atoms with Crippen LogP contribution in [0.3, 0.4) is 0 Å². The number of nitrogens with zero attached hydrogens (tertiary/aromatic N) is 1. The van der Waals surface area contributed by atoms with E-state index in [9.17, 15) is 10.1 Å². The predicted octanol–water partition coefficient (Wildman–Crippen LogP) is 4.60. The molecule has 0 radical (unpaired) electrons. The van der Waals surface area contributed by atoms with Crippen LogP contribution >= 0.6 is 15.9 Å². The summed E-state index contributed by atoms with van der Waals surface area (Å²) in [7, 11) is 0. The minimum Gasteiger partial charge on any atom is -0.298 e. The molecule has 1 fully saturated rings. The number of nitriles is 1. The highest BCUT2D eigenvalue weighted by Crippen LogP contribution is 2.31. The first-order valence-corrected chi connectivity index (χ1v) is 7.68. The molecule has 1 saturated carbocycles. The second-order valence-electron chi connectivity index (χ2n) is 5.26. The van der Waals surface area contributed by atoms with Crippen molar-refractivity contribution in [1.29, 1.82) is 5.26 Å². The molecule has 1 aliphatic carbocycles. The first-order chi connectivity index (χ1) is 9.22. The highest BCUT2D eigenvalue weighted by Gasteiger charge is 2.25. The third kappa shape index (κ3) is 3.67. The summed E-state index contributed by atoms with van der Waals surface area (Å²) < 4.78 is 0.846. The van der Waals surface area contributed by atoms with E-state index < -0.39 is 5.92 Å². The Morgan fingerprint density at radius 2 is 2.00 bits per heavy atom. The van der Waals surface area contributed by atoms with Crippen LogP contribution in [0.25, 0.3) is 0 Å². The molecule has 1 aliphatic rings. The summed E-state index contributed by atoms with van der Waals surface area (Å²) >= 11 is 3.43. The van der Waals surface area contributed by atoms with E-state index in [1.807, 2.05) is 24.3 Å². The van der Waals surface area contributed by atoms with Crippen molar-refractivity contribution in [3.05, 3.63) is 34.3 Å². The Bertz CT molecular complexity index is 486. The van der Waals surface area contributed by atoms with Crippen molar-refractivity contribution in [3.8, 4) is 6.07 Å². The van der Waals surface area contributed by atoms with Crippen molar-refractivity contribution < 1.29 is 4.79 Å². The maximum Gasteiger partial charge on any atom is 0.154 e. The van der Waals surface area contributed by atoms with Crippen LogP contribution in [0.2, 0.25) is 0 Å². The Morgan fingerprint density at radius 3 is 2.63 bits per heavy atom. The Kier molecular flexibility index (Phi) is 5.15. The molecular weight excluding hydrogens is 302 g/mol. The van der Waals surface area contributed by atoms with Gasteiger partial charge in [0.25, 0.3) is 0 Å². The lowest BCUT2D eigenvalue weighted by atomic mass is 9.82. The van der Waals surface area contributed by atoms with E-state index >= 15 is 0 Å². The molecule has 2 rings (SSSR count). The maximum absolute atomic E-state index is 12.4. The van der Waals surface area contributed by atoms with Gasteiger partial charge < -0.3 is 0 Å². The highest BCUT2D eigenvalue weighted by molar-refractivity contribution is 9.10. The zero-order valence-corrected chi connectivity index (χ0v) is 12.5. The fraction of sp³-hybridized carbons (Fsp3) is 0.500. The van der Waals surface area contributed by atoms with Crippen LogP contribution in [0.1, 0.15) is 50.0 Å². The van der Waals surface area contributed by atoms with Gasteiger partial charge in [0, 0.05) is 10.9 Å². The largest absolute Gasteiger partial charge is 0.298 e. The van der Waals surface area contributed by atoms with Gasteiger partial charge in [0.1, 0.15) is 5.92 Å². The Labute approximate surface area is 122 Å². The molecule has 0 bridgehead atoms. The van der Waals surface area contributed by atoms with Gasteiger partial charge in [-0.25, -0.2) is 0 Å². The number of halogens is 1. The van der Waals surface area contributed by atoms with E-state index in [2.05, 4.69) is 22.0 Å². The smallest absolute Gasteiger partial charge is 0.154 e. The molecule has 0 N–H and O–H groups in total. The van der Waals surface area contributed by atoms with E-state index in [4.69, 9.17) is 0 Å². The van der Waals surface area contributed by atoms with E-state index in [0.29, 0.717) is 12.3 Å². The number of carbonyl (C=O) groups excluding carboxylic acids is 1. The highest BCUT2D eigenvalue weighted by atomic mass is 79.9. The van der Waals surface area contributed by atoms with Crippen LogP contribution in [0.5, 0.6) is 0 Å². The van der Waals surface area contributed by atoms with Crippen LogP contribution in [0, 0.1) is 17.2 Å². The van der Waals surface area contributed by atoms with Crippen molar-refractivity contribution in [2.45, 2.75) is 44.4 Å². The molecule has 0 spiro atoms. The summed E-state index contributed by atoms with van der Waals surface area (Å²) in [4.78, 5) is 12.4. The summed E-state index contributed by atoms with van der Waals surface area (Å²) in [5, 5.41) is 9.31. The number of benzene rings is 1. The summed E-state index contributed by atoms with van der Waals surface area (Å²) in [5.41, 5.74) is 0.797. The Hall–Kier alpha value is -1.14. The van der Waals surface area contributed by atoms with E-state index in [1.54, 1.807) is 0 Å². The van der Waals surface area contributed by atoms with Crippen LogP contribution in [0.15, 0.2) is 28.7 Å². The minimum absolute atomic E-state index is 0.0706. The van der Waals surface area contributed by atoms with Crippen LogP contribution in [-0.4, -0.2) is 5.78 Å². The van der Waals surface area contributed by atoms with Crippen molar-refractivity contribution in [3.63, 3.8) is 0 Å². The Morgan fingerprint density at radius 1 is 1.32 bits per heavy atom. The topological polar surface area (TPSA) is 40.9 Å². The summed E-state index contributed by atoms with van der Waals surface area (Å²) in [5.74, 6) is -0.0709. The molecule has 1 aromatic rings. The second kappa shape index (κ2) is 6.86. The lowest BCUT2D eigenvalue weighted by Crippen LogP contribution is -2.17. The molecular formula is C16H18BrNO. The molecule has 0 amide bonds. The van der Waals surface area contributed by atoms with Crippen molar-refractivity contribution >= 4 is 21.7 Å². The fourth-order valence-electron chi connectivity index (χ4n) is 2.82. The third-order valence-corrected chi connectivity index (χ3v) is 4.60. The number of ketones is 1. The lowest BCUT2D eigenvalue weighted by Gasteiger charge is -2.22. The first kappa shape index (κ1) is 14.3. The van der Waals surface area contributed by atoms with E-state index in [0.717, 1.165) is 22.9 Å². The van der Waals surface area contributed by atoms with E-state index in [-0.39, 0.29) is 5.78 Å². The quantitative estimate of drug-likeness (QED) is 0.814. The van der Waals surface area contributed by atoms with E-state index in [1.165, 1.54) is 19.3 Å². The average Bonchev–Trinajstić information content (AvgIpc) is 2.43.